The number of likely N-dealkylation sites (N-methyl/N-ethyl adjacent to an activating group) is 1. The van der Waals surface area contributed by atoms with Gasteiger partial charge in [0.1, 0.15) is 0 Å². The molecule has 0 bridgehead atoms. The fourth-order valence-corrected chi connectivity index (χ4v) is 4.02. The van der Waals surface area contributed by atoms with Crippen molar-refractivity contribution in [2.24, 2.45) is 0 Å². The van der Waals surface area contributed by atoms with Crippen LogP contribution in [0, 0.1) is 0 Å². The van der Waals surface area contributed by atoms with Crippen LogP contribution < -0.4 is 5.32 Å². The first kappa shape index (κ1) is 14.5. The Labute approximate surface area is 130 Å². The van der Waals surface area contributed by atoms with Gasteiger partial charge in [0.05, 0.1) is 0 Å². The summed E-state index contributed by atoms with van der Waals surface area (Å²) >= 11 is 3.69. The van der Waals surface area contributed by atoms with Gasteiger partial charge in [0.15, 0.2) is 0 Å². The van der Waals surface area contributed by atoms with Crippen molar-refractivity contribution < 1.29 is 0 Å². The summed E-state index contributed by atoms with van der Waals surface area (Å²) in [5.41, 5.74) is 3.05. The standard InChI is InChI=1S/C16H24BrN3/c1-19(11-12-20-9-7-18-8-10-20)16-6-5-13-14(16)3-2-4-15(13)17/h2-4,16,18H,5-12H2,1H3. The molecule has 0 spiro atoms. The van der Waals surface area contributed by atoms with Gasteiger partial charge in [0, 0.05) is 49.8 Å². The first-order valence-electron chi connectivity index (χ1n) is 7.66. The van der Waals surface area contributed by atoms with Crippen molar-refractivity contribution in [2.75, 3.05) is 46.3 Å². The molecule has 1 aliphatic heterocycles. The maximum Gasteiger partial charge on any atom is 0.0351 e. The maximum absolute atomic E-state index is 3.69. The fraction of sp³-hybridized carbons (Fsp3) is 0.625. The van der Waals surface area contributed by atoms with Gasteiger partial charge in [-0.1, -0.05) is 28.1 Å². The lowest BCUT2D eigenvalue weighted by atomic mass is 10.1. The minimum Gasteiger partial charge on any atom is -0.314 e. The van der Waals surface area contributed by atoms with Crippen LogP contribution in [0.15, 0.2) is 22.7 Å². The average molecular weight is 338 g/mol. The second-order valence-electron chi connectivity index (χ2n) is 5.93. The molecule has 1 aliphatic carbocycles. The van der Waals surface area contributed by atoms with Crippen LogP contribution in [0.25, 0.3) is 0 Å². The predicted octanol–water partition coefficient (Wildman–Crippen LogP) is 2.27. The van der Waals surface area contributed by atoms with Crippen LogP contribution in [-0.2, 0) is 6.42 Å². The molecule has 1 saturated heterocycles. The average Bonchev–Trinajstić information content (AvgIpc) is 2.91. The van der Waals surface area contributed by atoms with Crippen LogP contribution in [0.5, 0.6) is 0 Å². The normalized spacial score (nSPS) is 23.2. The van der Waals surface area contributed by atoms with Crippen molar-refractivity contribution in [2.45, 2.75) is 18.9 Å². The highest BCUT2D eigenvalue weighted by atomic mass is 79.9. The minimum atomic E-state index is 0.602. The van der Waals surface area contributed by atoms with Crippen LogP contribution in [0.4, 0.5) is 0 Å². The zero-order valence-electron chi connectivity index (χ0n) is 12.2. The number of halogens is 1. The molecule has 4 heteroatoms. The summed E-state index contributed by atoms with van der Waals surface area (Å²) in [6, 6.07) is 7.25. The first-order valence-corrected chi connectivity index (χ1v) is 8.45. The molecule has 0 amide bonds. The second kappa shape index (κ2) is 6.56. The molecule has 3 nitrogen and oxygen atoms in total. The molecule has 1 unspecified atom stereocenters. The molecule has 1 heterocycles. The van der Waals surface area contributed by atoms with Crippen LogP contribution in [0.2, 0.25) is 0 Å². The van der Waals surface area contributed by atoms with E-state index in [1.54, 1.807) is 0 Å². The number of fused-ring (bicyclic) bond motifs is 1. The lowest BCUT2D eigenvalue weighted by Crippen LogP contribution is -2.46. The van der Waals surface area contributed by atoms with E-state index in [9.17, 15) is 0 Å². The molecule has 1 aromatic carbocycles. The maximum atomic E-state index is 3.69. The third-order valence-electron chi connectivity index (χ3n) is 4.69. The molecule has 20 heavy (non-hydrogen) atoms. The monoisotopic (exact) mass is 337 g/mol. The largest absolute Gasteiger partial charge is 0.314 e. The Morgan fingerprint density at radius 3 is 2.95 bits per heavy atom. The highest BCUT2D eigenvalue weighted by Gasteiger charge is 2.27. The van der Waals surface area contributed by atoms with Crippen molar-refractivity contribution in [1.29, 1.82) is 0 Å². The van der Waals surface area contributed by atoms with Crippen molar-refractivity contribution in [3.63, 3.8) is 0 Å². The van der Waals surface area contributed by atoms with Gasteiger partial charge in [0.25, 0.3) is 0 Å². The van der Waals surface area contributed by atoms with Gasteiger partial charge in [-0.15, -0.1) is 0 Å². The molecule has 1 atom stereocenters. The van der Waals surface area contributed by atoms with Crippen molar-refractivity contribution in [1.82, 2.24) is 15.1 Å². The van der Waals surface area contributed by atoms with E-state index in [0.29, 0.717) is 6.04 Å². The molecule has 0 radical (unpaired) electrons. The molecule has 1 N–H and O–H groups in total. The Morgan fingerprint density at radius 2 is 2.15 bits per heavy atom. The lowest BCUT2D eigenvalue weighted by Gasteiger charge is -2.31. The molecule has 0 saturated carbocycles. The second-order valence-corrected chi connectivity index (χ2v) is 6.79. The van der Waals surface area contributed by atoms with E-state index >= 15 is 0 Å². The van der Waals surface area contributed by atoms with Crippen LogP contribution in [0.3, 0.4) is 0 Å². The van der Waals surface area contributed by atoms with Crippen LogP contribution in [-0.4, -0.2) is 56.1 Å². The van der Waals surface area contributed by atoms with E-state index in [1.807, 2.05) is 0 Å². The number of hydrogen-bond donors (Lipinski definition) is 1. The van der Waals surface area contributed by atoms with E-state index in [1.165, 1.54) is 48.1 Å². The molecule has 1 fully saturated rings. The van der Waals surface area contributed by atoms with E-state index in [0.717, 1.165) is 19.6 Å². The summed E-state index contributed by atoms with van der Waals surface area (Å²) in [6.07, 6.45) is 2.47. The van der Waals surface area contributed by atoms with E-state index in [4.69, 9.17) is 0 Å². The summed E-state index contributed by atoms with van der Waals surface area (Å²) in [5.74, 6) is 0. The number of rotatable bonds is 4. The third kappa shape index (κ3) is 3.08. The van der Waals surface area contributed by atoms with Gasteiger partial charge < -0.3 is 5.32 Å². The van der Waals surface area contributed by atoms with Crippen molar-refractivity contribution in [3.8, 4) is 0 Å². The Bertz CT molecular complexity index is 457. The summed E-state index contributed by atoms with van der Waals surface area (Å²) in [7, 11) is 2.28. The molecule has 3 rings (SSSR count). The minimum absolute atomic E-state index is 0.602. The van der Waals surface area contributed by atoms with Crippen LogP contribution >= 0.6 is 15.9 Å². The topological polar surface area (TPSA) is 18.5 Å². The molecular formula is C16H24BrN3. The summed E-state index contributed by atoms with van der Waals surface area (Å²) in [6.45, 7) is 7.03. The van der Waals surface area contributed by atoms with Gasteiger partial charge in [-0.25, -0.2) is 0 Å². The number of benzene rings is 1. The Kier molecular flexibility index (Phi) is 4.76. The fourth-order valence-electron chi connectivity index (χ4n) is 3.44. The summed E-state index contributed by atoms with van der Waals surface area (Å²) in [5, 5.41) is 3.42. The first-order chi connectivity index (χ1) is 9.75. The number of piperazine rings is 1. The third-order valence-corrected chi connectivity index (χ3v) is 5.44. The zero-order chi connectivity index (χ0) is 13.9. The van der Waals surface area contributed by atoms with Gasteiger partial charge in [0.2, 0.25) is 0 Å². The Balaban J connectivity index is 1.59. The molecule has 110 valence electrons. The quantitative estimate of drug-likeness (QED) is 0.909. The van der Waals surface area contributed by atoms with Gasteiger partial charge in [-0.05, 0) is 37.1 Å². The smallest absolute Gasteiger partial charge is 0.0351 e. The van der Waals surface area contributed by atoms with Crippen molar-refractivity contribution >= 4 is 15.9 Å². The van der Waals surface area contributed by atoms with E-state index in [2.05, 4.69) is 56.3 Å². The molecule has 2 aliphatic rings. The van der Waals surface area contributed by atoms with E-state index < -0.39 is 0 Å². The lowest BCUT2D eigenvalue weighted by molar-refractivity contribution is 0.176. The van der Waals surface area contributed by atoms with Gasteiger partial charge >= 0.3 is 0 Å². The number of hydrogen-bond acceptors (Lipinski definition) is 3. The molecular weight excluding hydrogens is 314 g/mol. The van der Waals surface area contributed by atoms with Gasteiger partial charge in [-0.3, -0.25) is 9.80 Å². The van der Waals surface area contributed by atoms with Gasteiger partial charge in [-0.2, -0.15) is 0 Å². The van der Waals surface area contributed by atoms with E-state index in [-0.39, 0.29) is 0 Å². The summed E-state index contributed by atoms with van der Waals surface area (Å²) in [4.78, 5) is 5.12. The Hall–Kier alpha value is -0.420. The number of nitrogens with zero attached hydrogens (tertiary/aromatic N) is 2. The number of nitrogens with one attached hydrogen (secondary N) is 1. The van der Waals surface area contributed by atoms with Crippen molar-refractivity contribution in [3.05, 3.63) is 33.8 Å². The Morgan fingerprint density at radius 1 is 1.35 bits per heavy atom. The highest BCUT2D eigenvalue weighted by molar-refractivity contribution is 9.10. The summed E-state index contributed by atoms with van der Waals surface area (Å²) < 4.78 is 1.29. The van der Waals surface area contributed by atoms with Crippen LogP contribution in [0.1, 0.15) is 23.6 Å². The highest BCUT2D eigenvalue weighted by Crippen LogP contribution is 2.38. The molecule has 0 aromatic heterocycles. The molecule has 1 aromatic rings. The predicted molar refractivity (Wildman–Crippen MR) is 87.1 cm³/mol. The zero-order valence-corrected chi connectivity index (χ0v) is 13.8. The SMILES string of the molecule is CN(CCN1CCNCC1)C1CCc2c(Br)cccc21.